The number of methoxy groups -OCH3 is 1. The molecule has 1 aromatic carbocycles. The molecule has 84 valence electrons. The number of ether oxygens (including phenoxy) is 1. The van der Waals surface area contributed by atoms with Gasteiger partial charge < -0.3 is 9.84 Å². The average Bonchev–Trinajstić information content (AvgIpc) is 2.30. The van der Waals surface area contributed by atoms with Gasteiger partial charge in [0.1, 0.15) is 0 Å². The van der Waals surface area contributed by atoms with Crippen LogP contribution in [0.2, 0.25) is 0 Å². The standard InChI is InChI=1S/C13H14O3/c1-16-12(13(14)15)11-8-4-6-9-5-2-3-7-10(9)11/h2-3,5,7-8,12H,4,6H2,1H3,(H,14,15). The maximum absolute atomic E-state index is 11.1. The molecule has 0 radical (unpaired) electrons. The molecule has 0 bridgehead atoms. The molecule has 0 amide bonds. The lowest BCUT2D eigenvalue weighted by Gasteiger charge is -2.21. The molecule has 0 aliphatic heterocycles. The monoisotopic (exact) mass is 218 g/mol. The van der Waals surface area contributed by atoms with E-state index in [2.05, 4.69) is 0 Å². The average molecular weight is 218 g/mol. The van der Waals surface area contributed by atoms with Crippen molar-refractivity contribution in [2.45, 2.75) is 18.9 Å². The first-order chi connectivity index (χ1) is 7.74. The Kier molecular flexibility index (Phi) is 3.06. The van der Waals surface area contributed by atoms with Gasteiger partial charge in [0.15, 0.2) is 6.10 Å². The van der Waals surface area contributed by atoms with Crippen molar-refractivity contribution in [3.05, 3.63) is 41.5 Å². The molecule has 2 rings (SSSR count). The van der Waals surface area contributed by atoms with E-state index in [1.54, 1.807) is 0 Å². The van der Waals surface area contributed by atoms with Crippen molar-refractivity contribution in [2.24, 2.45) is 0 Å². The van der Waals surface area contributed by atoms with Gasteiger partial charge in [-0.2, -0.15) is 0 Å². The number of aryl methyl sites for hydroxylation is 1. The van der Waals surface area contributed by atoms with E-state index in [9.17, 15) is 4.79 Å². The SMILES string of the molecule is COC(C(=O)O)C1=CCCc2ccccc21. The summed E-state index contributed by atoms with van der Waals surface area (Å²) < 4.78 is 5.04. The molecule has 1 N–H and O–H groups in total. The van der Waals surface area contributed by atoms with Crippen molar-refractivity contribution >= 4 is 11.5 Å². The van der Waals surface area contributed by atoms with Gasteiger partial charge in [-0.15, -0.1) is 0 Å². The highest BCUT2D eigenvalue weighted by atomic mass is 16.5. The number of rotatable bonds is 3. The highest BCUT2D eigenvalue weighted by Crippen LogP contribution is 2.29. The van der Waals surface area contributed by atoms with Gasteiger partial charge in [0, 0.05) is 7.11 Å². The largest absolute Gasteiger partial charge is 0.479 e. The van der Waals surface area contributed by atoms with E-state index in [1.165, 1.54) is 12.7 Å². The zero-order valence-corrected chi connectivity index (χ0v) is 9.14. The number of allylic oxidation sites excluding steroid dienone is 1. The Morgan fingerprint density at radius 1 is 1.44 bits per heavy atom. The fourth-order valence-electron chi connectivity index (χ4n) is 2.12. The van der Waals surface area contributed by atoms with Crippen LogP contribution in [0.1, 0.15) is 17.5 Å². The Morgan fingerprint density at radius 2 is 2.19 bits per heavy atom. The molecule has 0 fully saturated rings. The zero-order chi connectivity index (χ0) is 11.5. The molecule has 0 aromatic heterocycles. The van der Waals surface area contributed by atoms with E-state index in [1.807, 2.05) is 30.3 Å². The first kappa shape index (κ1) is 10.9. The maximum atomic E-state index is 11.1. The summed E-state index contributed by atoms with van der Waals surface area (Å²) in [5, 5.41) is 9.09. The third-order valence-electron chi connectivity index (χ3n) is 2.85. The summed E-state index contributed by atoms with van der Waals surface area (Å²) in [7, 11) is 1.43. The van der Waals surface area contributed by atoms with Gasteiger partial charge in [-0.25, -0.2) is 4.79 Å². The number of fused-ring (bicyclic) bond motifs is 1. The first-order valence-electron chi connectivity index (χ1n) is 5.28. The van der Waals surface area contributed by atoms with E-state index < -0.39 is 12.1 Å². The predicted octanol–water partition coefficient (Wildman–Crippen LogP) is 2.12. The van der Waals surface area contributed by atoms with Gasteiger partial charge in [0.2, 0.25) is 0 Å². The van der Waals surface area contributed by atoms with Gasteiger partial charge in [-0.05, 0) is 29.5 Å². The Labute approximate surface area is 94.4 Å². The Hall–Kier alpha value is -1.61. The summed E-state index contributed by atoms with van der Waals surface area (Å²) in [5.74, 6) is -0.939. The Balaban J connectivity index is 2.42. The summed E-state index contributed by atoms with van der Waals surface area (Å²) in [6.07, 6.45) is 2.95. The molecular formula is C13H14O3. The predicted molar refractivity (Wildman–Crippen MR) is 61.2 cm³/mol. The molecule has 3 nitrogen and oxygen atoms in total. The first-order valence-corrected chi connectivity index (χ1v) is 5.28. The molecule has 0 spiro atoms. The fourth-order valence-corrected chi connectivity index (χ4v) is 2.12. The molecule has 1 unspecified atom stereocenters. The van der Waals surface area contributed by atoms with E-state index in [-0.39, 0.29) is 0 Å². The van der Waals surface area contributed by atoms with Crippen molar-refractivity contribution < 1.29 is 14.6 Å². The summed E-state index contributed by atoms with van der Waals surface area (Å²) in [5.41, 5.74) is 2.98. The minimum absolute atomic E-state index is 0.775. The number of carboxylic acid groups (broad SMARTS) is 1. The lowest BCUT2D eigenvalue weighted by Crippen LogP contribution is -2.25. The van der Waals surface area contributed by atoms with E-state index in [0.717, 1.165) is 24.0 Å². The van der Waals surface area contributed by atoms with Crippen LogP contribution in [0.3, 0.4) is 0 Å². The number of aliphatic carboxylic acids is 1. The van der Waals surface area contributed by atoms with Crippen LogP contribution in [0.4, 0.5) is 0 Å². The van der Waals surface area contributed by atoms with Crippen molar-refractivity contribution in [1.82, 2.24) is 0 Å². The second kappa shape index (κ2) is 4.49. The topological polar surface area (TPSA) is 46.5 Å². The van der Waals surface area contributed by atoms with Gasteiger partial charge >= 0.3 is 5.97 Å². The quantitative estimate of drug-likeness (QED) is 0.845. The third-order valence-corrected chi connectivity index (χ3v) is 2.85. The second-order valence-electron chi connectivity index (χ2n) is 3.81. The maximum Gasteiger partial charge on any atom is 0.337 e. The summed E-state index contributed by atoms with van der Waals surface area (Å²) in [4.78, 5) is 11.1. The van der Waals surface area contributed by atoms with Crippen LogP contribution < -0.4 is 0 Å². The second-order valence-corrected chi connectivity index (χ2v) is 3.81. The van der Waals surface area contributed by atoms with Crippen molar-refractivity contribution in [2.75, 3.05) is 7.11 Å². The van der Waals surface area contributed by atoms with Crippen LogP contribution in [0, 0.1) is 0 Å². The highest BCUT2D eigenvalue weighted by molar-refractivity contribution is 5.91. The molecule has 1 atom stereocenters. The minimum atomic E-state index is -0.939. The number of benzene rings is 1. The van der Waals surface area contributed by atoms with Crippen molar-refractivity contribution in [3.8, 4) is 0 Å². The summed E-state index contributed by atoms with van der Waals surface area (Å²) in [6, 6.07) is 7.89. The Bertz CT molecular complexity index is 435. The summed E-state index contributed by atoms with van der Waals surface area (Å²) >= 11 is 0. The van der Waals surface area contributed by atoms with Crippen LogP contribution in [0.15, 0.2) is 30.3 Å². The van der Waals surface area contributed by atoms with E-state index >= 15 is 0 Å². The van der Waals surface area contributed by atoms with Crippen LogP contribution in [0.25, 0.3) is 5.57 Å². The molecule has 0 saturated carbocycles. The van der Waals surface area contributed by atoms with Crippen LogP contribution in [-0.4, -0.2) is 24.3 Å². The van der Waals surface area contributed by atoms with Crippen LogP contribution in [0.5, 0.6) is 0 Å². The minimum Gasteiger partial charge on any atom is -0.479 e. The van der Waals surface area contributed by atoms with Crippen LogP contribution in [-0.2, 0) is 16.0 Å². The number of carbonyl (C=O) groups is 1. The number of hydrogen-bond acceptors (Lipinski definition) is 2. The number of carboxylic acids is 1. The van der Waals surface area contributed by atoms with Crippen molar-refractivity contribution in [3.63, 3.8) is 0 Å². The summed E-state index contributed by atoms with van der Waals surface area (Å²) in [6.45, 7) is 0. The van der Waals surface area contributed by atoms with Crippen LogP contribution >= 0.6 is 0 Å². The molecular weight excluding hydrogens is 204 g/mol. The molecule has 1 aliphatic carbocycles. The fraction of sp³-hybridized carbons (Fsp3) is 0.308. The molecule has 16 heavy (non-hydrogen) atoms. The molecule has 0 saturated heterocycles. The zero-order valence-electron chi connectivity index (χ0n) is 9.14. The lowest BCUT2D eigenvalue weighted by molar-refractivity contribution is -0.144. The lowest BCUT2D eigenvalue weighted by atomic mass is 9.88. The third kappa shape index (κ3) is 1.86. The molecule has 0 heterocycles. The molecule has 1 aliphatic rings. The van der Waals surface area contributed by atoms with E-state index in [0.29, 0.717) is 0 Å². The van der Waals surface area contributed by atoms with Gasteiger partial charge in [0.05, 0.1) is 0 Å². The Morgan fingerprint density at radius 3 is 2.88 bits per heavy atom. The smallest absolute Gasteiger partial charge is 0.337 e. The van der Waals surface area contributed by atoms with Gasteiger partial charge in [-0.3, -0.25) is 0 Å². The van der Waals surface area contributed by atoms with Gasteiger partial charge in [-0.1, -0.05) is 30.3 Å². The van der Waals surface area contributed by atoms with E-state index in [4.69, 9.17) is 9.84 Å². The highest BCUT2D eigenvalue weighted by Gasteiger charge is 2.25. The normalized spacial score (nSPS) is 16.2. The van der Waals surface area contributed by atoms with Gasteiger partial charge in [0.25, 0.3) is 0 Å². The number of hydrogen-bond donors (Lipinski definition) is 1. The van der Waals surface area contributed by atoms with Crippen molar-refractivity contribution in [1.29, 1.82) is 0 Å². The molecule has 1 aromatic rings. The molecule has 3 heteroatoms.